The molecule has 2 N–H and O–H groups in total. The number of methoxy groups -OCH3 is 1. The van der Waals surface area contributed by atoms with Crippen LogP contribution in [-0.4, -0.2) is 32.8 Å². The molecule has 0 fully saturated rings. The number of guanidine groups is 1. The molecule has 1 unspecified atom stereocenters. The van der Waals surface area contributed by atoms with Gasteiger partial charge in [-0.25, -0.2) is 0 Å². The van der Waals surface area contributed by atoms with Gasteiger partial charge in [0, 0.05) is 20.7 Å². The standard InChI is InChI=1S/C21H29N3O2.HI/c1-16-8-5-6-11-20(16)26-17(2)13-23-21(22-3)24-14-18-9-7-10-19(12-18)15-25-4;/h5-12,17H,13-15H2,1-4H3,(H2,22,23,24);1H. The second-order valence-electron chi connectivity index (χ2n) is 6.25. The molecule has 0 heterocycles. The highest BCUT2D eigenvalue weighted by Crippen LogP contribution is 2.17. The van der Waals surface area contributed by atoms with Crippen LogP contribution in [0.5, 0.6) is 5.75 Å². The van der Waals surface area contributed by atoms with Crippen molar-refractivity contribution in [3.05, 3.63) is 65.2 Å². The van der Waals surface area contributed by atoms with Crippen LogP contribution in [0.25, 0.3) is 0 Å². The van der Waals surface area contributed by atoms with Crippen molar-refractivity contribution in [2.24, 2.45) is 4.99 Å². The van der Waals surface area contributed by atoms with E-state index in [2.05, 4.69) is 33.8 Å². The smallest absolute Gasteiger partial charge is 0.191 e. The SMILES string of the molecule is CN=C(NCc1cccc(COC)c1)NCC(C)Oc1ccccc1C.I. The van der Waals surface area contributed by atoms with Gasteiger partial charge < -0.3 is 20.1 Å². The van der Waals surface area contributed by atoms with Crippen LogP contribution >= 0.6 is 24.0 Å². The first-order chi connectivity index (χ1) is 12.6. The van der Waals surface area contributed by atoms with E-state index < -0.39 is 0 Å². The average Bonchev–Trinajstić information content (AvgIpc) is 2.64. The van der Waals surface area contributed by atoms with E-state index in [1.165, 1.54) is 5.56 Å². The Kier molecular flexibility index (Phi) is 10.8. The van der Waals surface area contributed by atoms with Gasteiger partial charge in [0.2, 0.25) is 0 Å². The van der Waals surface area contributed by atoms with Crippen LogP contribution in [0.4, 0.5) is 0 Å². The summed E-state index contributed by atoms with van der Waals surface area (Å²) in [4.78, 5) is 4.27. The lowest BCUT2D eigenvalue weighted by Crippen LogP contribution is -2.41. The second kappa shape index (κ2) is 12.6. The summed E-state index contributed by atoms with van der Waals surface area (Å²) in [6.45, 7) is 6.07. The van der Waals surface area contributed by atoms with Crippen LogP contribution in [0.3, 0.4) is 0 Å². The lowest BCUT2D eigenvalue weighted by molar-refractivity contribution is 0.185. The van der Waals surface area contributed by atoms with Gasteiger partial charge in [0.05, 0.1) is 13.2 Å². The molecule has 2 aromatic carbocycles. The summed E-state index contributed by atoms with van der Waals surface area (Å²) in [5, 5.41) is 6.64. The van der Waals surface area contributed by atoms with Gasteiger partial charge in [-0.1, -0.05) is 42.5 Å². The maximum atomic E-state index is 5.99. The molecule has 0 radical (unpaired) electrons. The Morgan fingerprint density at radius 2 is 1.81 bits per heavy atom. The number of benzene rings is 2. The lowest BCUT2D eigenvalue weighted by atomic mass is 10.1. The van der Waals surface area contributed by atoms with Gasteiger partial charge in [0.1, 0.15) is 11.9 Å². The molecule has 0 saturated carbocycles. The molecule has 0 saturated heterocycles. The van der Waals surface area contributed by atoms with Crippen LogP contribution in [-0.2, 0) is 17.9 Å². The Bertz CT molecular complexity index is 722. The first-order valence-electron chi connectivity index (χ1n) is 8.86. The Morgan fingerprint density at radius 1 is 1.07 bits per heavy atom. The van der Waals surface area contributed by atoms with E-state index in [1.807, 2.05) is 44.2 Å². The molecule has 27 heavy (non-hydrogen) atoms. The predicted octanol–water partition coefficient (Wildman–Crippen LogP) is 3.89. The summed E-state index contributed by atoms with van der Waals surface area (Å²) in [7, 11) is 3.47. The topological polar surface area (TPSA) is 54.9 Å². The number of aliphatic imine (C=N–C) groups is 1. The molecular weight excluding hydrogens is 453 g/mol. The van der Waals surface area contributed by atoms with Gasteiger partial charge in [0.25, 0.3) is 0 Å². The van der Waals surface area contributed by atoms with Crippen molar-refractivity contribution in [3.8, 4) is 5.75 Å². The van der Waals surface area contributed by atoms with Gasteiger partial charge in [-0.2, -0.15) is 0 Å². The highest BCUT2D eigenvalue weighted by molar-refractivity contribution is 14.0. The van der Waals surface area contributed by atoms with Crippen molar-refractivity contribution in [2.45, 2.75) is 33.1 Å². The third kappa shape index (κ3) is 8.17. The minimum atomic E-state index is 0. The average molecular weight is 483 g/mol. The Morgan fingerprint density at radius 3 is 2.52 bits per heavy atom. The van der Waals surface area contributed by atoms with E-state index in [-0.39, 0.29) is 30.1 Å². The Balaban J connectivity index is 0.00000364. The molecule has 0 aliphatic heterocycles. The highest BCUT2D eigenvalue weighted by atomic mass is 127. The van der Waals surface area contributed by atoms with E-state index in [0.29, 0.717) is 19.7 Å². The van der Waals surface area contributed by atoms with Crippen LogP contribution in [0.1, 0.15) is 23.6 Å². The Hall–Kier alpha value is -1.80. The van der Waals surface area contributed by atoms with Crippen molar-refractivity contribution in [1.82, 2.24) is 10.6 Å². The van der Waals surface area contributed by atoms with Crippen molar-refractivity contribution in [2.75, 3.05) is 20.7 Å². The Labute approximate surface area is 179 Å². The van der Waals surface area contributed by atoms with Gasteiger partial charge in [-0.15, -0.1) is 24.0 Å². The predicted molar refractivity (Wildman–Crippen MR) is 122 cm³/mol. The molecule has 6 heteroatoms. The molecule has 0 bridgehead atoms. The van der Waals surface area contributed by atoms with Crippen molar-refractivity contribution < 1.29 is 9.47 Å². The maximum absolute atomic E-state index is 5.99. The van der Waals surface area contributed by atoms with Crippen molar-refractivity contribution in [3.63, 3.8) is 0 Å². The van der Waals surface area contributed by atoms with Crippen LogP contribution in [0.15, 0.2) is 53.5 Å². The summed E-state index contributed by atoms with van der Waals surface area (Å²) < 4.78 is 11.2. The third-order valence-electron chi connectivity index (χ3n) is 3.96. The monoisotopic (exact) mass is 483 g/mol. The van der Waals surface area contributed by atoms with Crippen LogP contribution in [0.2, 0.25) is 0 Å². The van der Waals surface area contributed by atoms with Crippen LogP contribution in [0, 0.1) is 6.92 Å². The first-order valence-corrected chi connectivity index (χ1v) is 8.86. The van der Waals surface area contributed by atoms with E-state index in [4.69, 9.17) is 9.47 Å². The van der Waals surface area contributed by atoms with Crippen molar-refractivity contribution in [1.29, 1.82) is 0 Å². The van der Waals surface area contributed by atoms with E-state index in [0.717, 1.165) is 22.8 Å². The third-order valence-corrected chi connectivity index (χ3v) is 3.96. The summed E-state index contributed by atoms with van der Waals surface area (Å²) in [6.07, 6.45) is 0.0275. The van der Waals surface area contributed by atoms with Gasteiger partial charge in [-0.3, -0.25) is 4.99 Å². The number of nitrogens with zero attached hydrogens (tertiary/aromatic N) is 1. The zero-order valence-electron chi connectivity index (χ0n) is 16.5. The minimum Gasteiger partial charge on any atom is -0.489 e. The zero-order chi connectivity index (χ0) is 18.8. The molecule has 0 spiro atoms. The molecule has 0 aromatic heterocycles. The molecule has 2 rings (SSSR count). The molecule has 5 nitrogen and oxygen atoms in total. The maximum Gasteiger partial charge on any atom is 0.191 e. The summed E-state index contributed by atoms with van der Waals surface area (Å²) in [6, 6.07) is 16.4. The fourth-order valence-corrected chi connectivity index (χ4v) is 2.59. The van der Waals surface area contributed by atoms with E-state index >= 15 is 0 Å². The lowest BCUT2D eigenvalue weighted by Gasteiger charge is -2.19. The number of para-hydroxylation sites is 1. The van der Waals surface area contributed by atoms with Gasteiger partial charge in [-0.05, 0) is 36.6 Å². The zero-order valence-corrected chi connectivity index (χ0v) is 18.8. The summed E-state index contributed by atoms with van der Waals surface area (Å²) in [5.74, 6) is 1.67. The number of halogens is 1. The number of rotatable bonds is 8. The second-order valence-corrected chi connectivity index (χ2v) is 6.25. The summed E-state index contributed by atoms with van der Waals surface area (Å²) >= 11 is 0. The van der Waals surface area contributed by atoms with Crippen molar-refractivity contribution >= 4 is 29.9 Å². The minimum absolute atomic E-state index is 0. The summed E-state index contributed by atoms with van der Waals surface area (Å²) in [5.41, 5.74) is 3.49. The molecule has 2 aromatic rings. The quantitative estimate of drug-likeness (QED) is 0.340. The molecule has 0 amide bonds. The molecule has 148 valence electrons. The number of hydrogen-bond acceptors (Lipinski definition) is 3. The fourth-order valence-electron chi connectivity index (χ4n) is 2.59. The normalized spacial score (nSPS) is 12.1. The fraction of sp³-hybridized carbons (Fsp3) is 0.381. The van der Waals surface area contributed by atoms with Gasteiger partial charge >= 0.3 is 0 Å². The number of hydrogen-bond donors (Lipinski definition) is 2. The van der Waals surface area contributed by atoms with E-state index in [1.54, 1.807) is 14.2 Å². The van der Waals surface area contributed by atoms with Gasteiger partial charge in [0.15, 0.2) is 5.96 Å². The number of nitrogens with one attached hydrogen (secondary N) is 2. The number of aryl methyl sites for hydroxylation is 1. The first kappa shape index (κ1) is 23.2. The van der Waals surface area contributed by atoms with E-state index in [9.17, 15) is 0 Å². The number of ether oxygens (including phenoxy) is 2. The molecule has 0 aliphatic rings. The van der Waals surface area contributed by atoms with Crippen LogP contribution < -0.4 is 15.4 Å². The largest absolute Gasteiger partial charge is 0.489 e. The molecule has 1 atom stereocenters. The molecule has 0 aliphatic carbocycles. The highest BCUT2D eigenvalue weighted by Gasteiger charge is 2.07. The molecular formula is C21H30IN3O2.